The molecule has 2 heterocycles. The number of rotatable bonds is 5. The maximum Gasteiger partial charge on any atom is 0.191 e. The van der Waals surface area contributed by atoms with Crippen LogP contribution in [0.3, 0.4) is 0 Å². The number of anilines is 1. The molecular weight excluding hydrogens is 524 g/mol. The lowest BCUT2D eigenvalue weighted by molar-refractivity contribution is 0.612. The van der Waals surface area contributed by atoms with Crippen molar-refractivity contribution in [2.45, 2.75) is 25.9 Å². The van der Waals surface area contributed by atoms with Gasteiger partial charge in [0.15, 0.2) is 17.6 Å². The molecule has 1 aliphatic rings. The van der Waals surface area contributed by atoms with Gasteiger partial charge in [-0.15, -0.1) is 24.0 Å². The Balaban J connectivity index is 0.00000261. The van der Waals surface area contributed by atoms with Crippen molar-refractivity contribution < 1.29 is 4.39 Å². The van der Waals surface area contributed by atoms with Gasteiger partial charge in [-0.1, -0.05) is 28.1 Å². The molecule has 0 saturated carbocycles. The smallest absolute Gasteiger partial charge is 0.191 e. The maximum absolute atomic E-state index is 13.9. The Morgan fingerprint density at radius 2 is 2.11 bits per heavy atom. The highest BCUT2D eigenvalue weighted by Gasteiger charge is 2.25. The largest absolute Gasteiger partial charge is 0.357 e. The van der Waals surface area contributed by atoms with Crippen LogP contribution in [0.4, 0.5) is 10.2 Å². The van der Waals surface area contributed by atoms with Crippen LogP contribution in [0.25, 0.3) is 0 Å². The average Bonchev–Trinajstić information content (AvgIpc) is 3.10. The lowest BCUT2D eigenvalue weighted by Crippen LogP contribution is -2.44. The summed E-state index contributed by atoms with van der Waals surface area (Å²) in [6.07, 6.45) is 2.54. The number of halogens is 3. The first-order valence-corrected chi connectivity index (χ1v) is 9.59. The number of benzene rings is 1. The molecule has 0 aliphatic carbocycles. The minimum atomic E-state index is -0.274. The van der Waals surface area contributed by atoms with Gasteiger partial charge in [0.1, 0.15) is 0 Å². The van der Waals surface area contributed by atoms with Crippen molar-refractivity contribution in [1.29, 1.82) is 0 Å². The van der Waals surface area contributed by atoms with Crippen molar-refractivity contribution in [3.05, 3.63) is 58.4 Å². The van der Waals surface area contributed by atoms with E-state index in [9.17, 15) is 4.39 Å². The molecule has 1 aromatic carbocycles. The molecule has 2 N–H and O–H groups in total. The van der Waals surface area contributed by atoms with E-state index in [4.69, 9.17) is 0 Å². The molecule has 1 atom stereocenters. The van der Waals surface area contributed by atoms with Crippen molar-refractivity contribution in [2.75, 3.05) is 24.5 Å². The SMILES string of the molecule is CCNC(=NCc1ccc(Br)cc1)NC1CCN(c2ncccc2F)C1.I. The average molecular weight is 548 g/mol. The summed E-state index contributed by atoms with van der Waals surface area (Å²) in [6, 6.07) is 11.4. The summed E-state index contributed by atoms with van der Waals surface area (Å²) in [4.78, 5) is 10.8. The Kier molecular flexibility index (Phi) is 8.75. The van der Waals surface area contributed by atoms with Gasteiger partial charge < -0.3 is 15.5 Å². The van der Waals surface area contributed by atoms with Gasteiger partial charge in [-0.25, -0.2) is 14.4 Å². The summed E-state index contributed by atoms with van der Waals surface area (Å²) >= 11 is 3.44. The van der Waals surface area contributed by atoms with Crippen molar-refractivity contribution >= 4 is 51.7 Å². The van der Waals surface area contributed by atoms with Crippen LogP contribution in [0.1, 0.15) is 18.9 Å². The van der Waals surface area contributed by atoms with E-state index in [0.29, 0.717) is 18.9 Å². The maximum atomic E-state index is 13.9. The Hall–Kier alpha value is -1.42. The molecule has 1 aliphatic heterocycles. The van der Waals surface area contributed by atoms with Crippen LogP contribution in [0, 0.1) is 5.82 Å². The Morgan fingerprint density at radius 1 is 1.33 bits per heavy atom. The first-order valence-electron chi connectivity index (χ1n) is 8.80. The zero-order valence-electron chi connectivity index (χ0n) is 15.2. The zero-order chi connectivity index (χ0) is 18.4. The van der Waals surface area contributed by atoms with E-state index in [1.165, 1.54) is 6.07 Å². The number of pyridine rings is 1. The van der Waals surface area contributed by atoms with Gasteiger partial charge in [-0.2, -0.15) is 0 Å². The molecule has 1 saturated heterocycles. The van der Waals surface area contributed by atoms with E-state index in [0.717, 1.165) is 35.5 Å². The minimum Gasteiger partial charge on any atom is -0.357 e. The van der Waals surface area contributed by atoms with E-state index in [1.54, 1.807) is 12.3 Å². The number of aromatic nitrogens is 1. The van der Waals surface area contributed by atoms with Crippen LogP contribution in [0.5, 0.6) is 0 Å². The van der Waals surface area contributed by atoms with Crippen LogP contribution < -0.4 is 15.5 Å². The third-order valence-corrected chi connectivity index (χ3v) is 4.77. The van der Waals surface area contributed by atoms with Crippen molar-refractivity contribution in [1.82, 2.24) is 15.6 Å². The van der Waals surface area contributed by atoms with E-state index >= 15 is 0 Å². The highest BCUT2D eigenvalue weighted by molar-refractivity contribution is 14.0. The van der Waals surface area contributed by atoms with E-state index < -0.39 is 0 Å². The summed E-state index contributed by atoms with van der Waals surface area (Å²) in [5.74, 6) is 0.932. The lowest BCUT2D eigenvalue weighted by atomic mass is 10.2. The van der Waals surface area contributed by atoms with Crippen LogP contribution in [0.15, 0.2) is 52.1 Å². The van der Waals surface area contributed by atoms with Crippen LogP contribution in [-0.4, -0.2) is 36.6 Å². The Morgan fingerprint density at radius 3 is 2.81 bits per heavy atom. The Bertz CT molecular complexity index is 756. The highest BCUT2D eigenvalue weighted by Crippen LogP contribution is 2.20. The third kappa shape index (κ3) is 6.31. The first kappa shape index (κ1) is 21.9. The van der Waals surface area contributed by atoms with Crippen molar-refractivity contribution in [3.63, 3.8) is 0 Å². The molecule has 0 amide bonds. The van der Waals surface area contributed by atoms with Gasteiger partial charge in [0.05, 0.1) is 6.54 Å². The Labute approximate surface area is 185 Å². The number of aliphatic imine (C=N–C) groups is 1. The van der Waals surface area contributed by atoms with E-state index in [1.807, 2.05) is 24.0 Å². The van der Waals surface area contributed by atoms with Crippen LogP contribution in [-0.2, 0) is 6.54 Å². The molecule has 5 nitrogen and oxygen atoms in total. The topological polar surface area (TPSA) is 52.6 Å². The third-order valence-electron chi connectivity index (χ3n) is 4.24. The van der Waals surface area contributed by atoms with Gasteiger partial charge >= 0.3 is 0 Å². The van der Waals surface area contributed by atoms with Crippen LogP contribution in [0.2, 0.25) is 0 Å². The van der Waals surface area contributed by atoms with Gasteiger partial charge in [-0.3, -0.25) is 0 Å². The van der Waals surface area contributed by atoms with Gasteiger partial charge in [0.25, 0.3) is 0 Å². The summed E-state index contributed by atoms with van der Waals surface area (Å²) in [5.41, 5.74) is 1.15. The molecule has 146 valence electrons. The lowest BCUT2D eigenvalue weighted by Gasteiger charge is -2.20. The summed E-state index contributed by atoms with van der Waals surface area (Å²) in [5, 5.41) is 6.73. The predicted octanol–water partition coefficient (Wildman–Crippen LogP) is 3.94. The first-order chi connectivity index (χ1) is 12.7. The second-order valence-electron chi connectivity index (χ2n) is 6.21. The number of nitrogens with one attached hydrogen (secondary N) is 2. The minimum absolute atomic E-state index is 0. The molecule has 1 aromatic heterocycles. The summed E-state index contributed by atoms with van der Waals surface area (Å²) in [6.45, 7) is 4.92. The molecule has 0 bridgehead atoms. The van der Waals surface area contributed by atoms with Gasteiger partial charge in [-0.05, 0) is 43.2 Å². The fourth-order valence-corrected chi connectivity index (χ4v) is 3.22. The molecule has 2 aromatic rings. The molecule has 8 heteroatoms. The standard InChI is InChI=1S/C19H23BrFN5.HI/c1-2-22-19(24-12-14-5-7-15(20)8-6-14)25-16-9-11-26(13-16)18-17(21)4-3-10-23-18;/h3-8,10,16H,2,9,11-13H2,1H3,(H2,22,24,25);1H. The molecule has 3 rings (SSSR count). The normalized spacial score (nSPS) is 16.8. The molecule has 0 spiro atoms. The van der Waals surface area contributed by atoms with Gasteiger partial charge in [0.2, 0.25) is 0 Å². The van der Waals surface area contributed by atoms with Gasteiger partial charge in [0, 0.05) is 36.3 Å². The second kappa shape index (κ2) is 10.8. The second-order valence-corrected chi connectivity index (χ2v) is 7.12. The molecular formula is C19H24BrFIN5. The number of hydrogen-bond acceptors (Lipinski definition) is 3. The van der Waals surface area contributed by atoms with E-state index in [-0.39, 0.29) is 35.8 Å². The van der Waals surface area contributed by atoms with Crippen molar-refractivity contribution in [2.24, 2.45) is 4.99 Å². The fourth-order valence-electron chi connectivity index (χ4n) is 2.95. The monoisotopic (exact) mass is 547 g/mol. The molecule has 1 fully saturated rings. The number of guanidine groups is 1. The van der Waals surface area contributed by atoms with Crippen molar-refractivity contribution in [3.8, 4) is 0 Å². The fraction of sp³-hybridized carbons (Fsp3) is 0.368. The molecule has 0 radical (unpaired) electrons. The molecule has 1 unspecified atom stereocenters. The summed E-state index contributed by atoms with van der Waals surface area (Å²) < 4.78 is 15.0. The number of hydrogen-bond donors (Lipinski definition) is 2. The molecule has 27 heavy (non-hydrogen) atoms. The summed E-state index contributed by atoms with van der Waals surface area (Å²) in [7, 11) is 0. The quantitative estimate of drug-likeness (QED) is 0.338. The number of nitrogens with zero attached hydrogens (tertiary/aromatic N) is 3. The zero-order valence-corrected chi connectivity index (χ0v) is 19.1. The van der Waals surface area contributed by atoms with E-state index in [2.05, 4.69) is 48.7 Å². The highest BCUT2D eigenvalue weighted by atomic mass is 127. The van der Waals surface area contributed by atoms with Crippen LogP contribution >= 0.6 is 39.9 Å². The predicted molar refractivity (Wildman–Crippen MR) is 122 cm³/mol.